The number of rotatable bonds is 7. The van der Waals surface area contributed by atoms with Gasteiger partial charge in [0.25, 0.3) is 0 Å². The van der Waals surface area contributed by atoms with Gasteiger partial charge >= 0.3 is 5.97 Å². The Kier molecular flexibility index (Phi) is 6.74. The molecule has 0 heterocycles. The Hall–Kier alpha value is -1.75. The molecule has 0 aromatic heterocycles. The van der Waals surface area contributed by atoms with E-state index >= 15 is 0 Å². The molecule has 0 saturated heterocycles. The number of carboxylic acid groups (broad SMARTS) is 1. The number of benzene rings is 1. The summed E-state index contributed by atoms with van der Waals surface area (Å²) >= 11 is 1.47. The first-order valence-electron chi connectivity index (χ1n) is 5.89. The molecule has 1 aromatic carbocycles. The van der Waals surface area contributed by atoms with Crippen molar-refractivity contribution in [2.75, 3.05) is 11.5 Å². The molecule has 1 amide bonds. The molecule has 1 rings (SSSR count). The van der Waals surface area contributed by atoms with E-state index < -0.39 is 12.0 Å². The number of carbonyl (C=O) groups is 2. The van der Waals surface area contributed by atoms with Crippen LogP contribution in [0.2, 0.25) is 0 Å². The first kappa shape index (κ1) is 15.3. The fourth-order valence-corrected chi connectivity index (χ4v) is 2.25. The monoisotopic (exact) mass is 279 g/mol. The molecule has 102 valence electrons. The second-order valence-corrected chi connectivity index (χ2v) is 5.02. The molecule has 1 atom stereocenters. The van der Waals surface area contributed by atoms with Crippen molar-refractivity contribution >= 4 is 29.7 Å². The first-order chi connectivity index (χ1) is 9.09. The molecule has 0 aliphatic heterocycles. The normalized spacial score (nSPS) is 12.3. The molecular weight excluding hydrogens is 262 g/mol. The summed E-state index contributed by atoms with van der Waals surface area (Å²) in [4.78, 5) is 21.7. The number of carboxylic acids is 1. The van der Waals surface area contributed by atoms with Crippen molar-refractivity contribution in [1.29, 1.82) is 0 Å². The zero-order valence-corrected chi connectivity index (χ0v) is 11.5. The number of carbonyl (C=O) groups excluding carboxylic acids is 1. The average molecular weight is 279 g/mol. The van der Waals surface area contributed by atoms with Crippen LogP contribution in [0.5, 0.6) is 0 Å². The van der Waals surface area contributed by atoms with Crippen LogP contribution in [-0.2, 0) is 9.59 Å². The summed E-state index contributed by atoms with van der Waals surface area (Å²) < 4.78 is 0. The van der Waals surface area contributed by atoms with E-state index in [2.05, 4.69) is 5.32 Å². The van der Waals surface area contributed by atoms with Crippen molar-refractivity contribution in [3.63, 3.8) is 0 Å². The van der Waals surface area contributed by atoms with E-state index in [1.165, 1.54) is 18.7 Å². The Labute approximate surface area is 116 Å². The summed E-state index contributed by atoms with van der Waals surface area (Å²) in [6.07, 6.45) is 3.97. The number of nitrogens with one attached hydrogen (secondary N) is 1. The summed E-state index contributed by atoms with van der Waals surface area (Å²) in [5, 5.41) is 11.3. The fourth-order valence-electron chi connectivity index (χ4n) is 1.42. The predicted octanol–water partition coefficient (Wildman–Crippen LogP) is 2.02. The predicted molar refractivity (Wildman–Crippen MR) is 78.0 cm³/mol. The summed E-state index contributed by atoms with van der Waals surface area (Å²) in [6, 6.07) is 9.05. The maximum absolute atomic E-state index is 10.9. The number of thioether (sulfide) groups is 1. The lowest BCUT2D eigenvalue weighted by atomic mass is 10.2. The van der Waals surface area contributed by atoms with Crippen molar-refractivity contribution in [2.24, 2.45) is 0 Å². The molecular formula is C14H17NO3S. The molecule has 1 aromatic rings. The van der Waals surface area contributed by atoms with Crippen LogP contribution in [0.4, 0.5) is 0 Å². The van der Waals surface area contributed by atoms with Gasteiger partial charge in [0.2, 0.25) is 5.91 Å². The van der Waals surface area contributed by atoms with Gasteiger partial charge in [0, 0.05) is 18.4 Å². The van der Waals surface area contributed by atoms with Gasteiger partial charge in [0.15, 0.2) is 0 Å². The summed E-state index contributed by atoms with van der Waals surface area (Å²) in [7, 11) is 0. The first-order valence-corrected chi connectivity index (χ1v) is 7.04. The van der Waals surface area contributed by atoms with Crippen LogP contribution in [0, 0.1) is 0 Å². The minimum absolute atomic E-state index is 0.326. The molecule has 0 saturated carbocycles. The summed E-state index contributed by atoms with van der Waals surface area (Å²) in [6.45, 7) is 1.32. The second kappa shape index (κ2) is 8.37. The highest BCUT2D eigenvalue weighted by Crippen LogP contribution is 2.07. The highest BCUT2D eigenvalue weighted by Gasteiger charge is 2.17. The van der Waals surface area contributed by atoms with Crippen molar-refractivity contribution in [3.8, 4) is 0 Å². The zero-order chi connectivity index (χ0) is 14.1. The van der Waals surface area contributed by atoms with Crippen molar-refractivity contribution < 1.29 is 14.7 Å². The number of amides is 1. The van der Waals surface area contributed by atoms with Gasteiger partial charge < -0.3 is 10.4 Å². The van der Waals surface area contributed by atoms with Crippen LogP contribution in [-0.4, -0.2) is 34.5 Å². The molecule has 5 heteroatoms. The zero-order valence-electron chi connectivity index (χ0n) is 10.7. The van der Waals surface area contributed by atoms with E-state index in [0.29, 0.717) is 11.5 Å². The van der Waals surface area contributed by atoms with Crippen LogP contribution >= 0.6 is 11.8 Å². The van der Waals surface area contributed by atoms with Gasteiger partial charge in [0.05, 0.1) is 0 Å². The van der Waals surface area contributed by atoms with E-state index in [1.807, 2.05) is 42.5 Å². The highest BCUT2D eigenvalue weighted by molar-refractivity contribution is 7.99. The van der Waals surface area contributed by atoms with Gasteiger partial charge in [-0.25, -0.2) is 4.79 Å². The maximum atomic E-state index is 10.9. The van der Waals surface area contributed by atoms with Gasteiger partial charge in [-0.3, -0.25) is 4.79 Å². The van der Waals surface area contributed by atoms with Crippen molar-refractivity contribution in [3.05, 3.63) is 42.0 Å². The smallest absolute Gasteiger partial charge is 0.327 e. The van der Waals surface area contributed by atoms with Crippen LogP contribution in [0.1, 0.15) is 12.5 Å². The molecule has 0 radical (unpaired) electrons. The van der Waals surface area contributed by atoms with Gasteiger partial charge in [-0.05, 0) is 5.56 Å². The third-order valence-corrected chi connectivity index (χ3v) is 3.28. The lowest BCUT2D eigenvalue weighted by Gasteiger charge is -2.11. The fraction of sp³-hybridized carbons (Fsp3) is 0.286. The number of hydrogen-bond acceptors (Lipinski definition) is 3. The topological polar surface area (TPSA) is 66.4 Å². The van der Waals surface area contributed by atoms with E-state index in [4.69, 9.17) is 5.11 Å². The lowest BCUT2D eigenvalue weighted by Crippen LogP contribution is -2.41. The second-order valence-electron chi connectivity index (χ2n) is 3.94. The summed E-state index contributed by atoms with van der Waals surface area (Å²) in [5.74, 6) is -0.269. The maximum Gasteiger partial charge on any atom is 0.327 e. The quantitative estimate of drug-likeness (QED) is 0.749. The van der Waals surface area contributed by atoms with E-state index in [0.717, 1.165) is 5.56 Å². The minimum Gasteiger partial charge on any atom is -0.480 e. The van der Waals surface area contributed by atoms with Gasteiger partial charge in [-0.1, -0.05) is 42.5 Å². The van der Waals surface area contributed by atoms with Crippen LogP contribution in [0.15, 0.2) is 36.4 Å². The molecule has 4 nitrogen and oxygen atoms in total. The highest BCUT2D eigenvalue weighted by atomic mass is 32.2. The molecule has 19 heavy (non-hydrogen) atoms. The Balaban J connectivity index is 2.31. The van der Waals surface area contributed by atoms with Gasteiger partial charge in [-0.15, -0.1) is 0 Å². The molecule has 0 fully saturated rings. The molecule has 0 bridgehead atoms. The van der Waals surface area contributed by atoms with Crippen LogP contribution in [0.25, 0.3) is 6.08 Å². The standard InChI is InChI=1S/C14H17NO3S/c1-11(16)15-13(14(17)18)10-19-9-5-8-12-6-3-2-4-7-12/h2-8,13H,9-10H2,1H3,(H,15,16)(H,17,18)/b8-5+/t13-/m0/s1. The molecule has 0 unspecified atom stereocenters. The van der Waals surface area contributed by atoms with E-state index in [1.54, 1.807) is 0 Å². The largest absolute Gasteiger partial charge is 0.480 e. The molecule has 0 aliphatic rings. The molecule has 0 spiro atoms. The summed E-state index contributed by atoms with van der Waals surface area (Å²) in [5.41, 5.74) is 1.11. The lowest BCUT2D eigenvalue weighted by molar-refractivity contribution is -0.140. The third-order valence-electron chi connectivity index (χ3n) is 2.28. The van der Waals surface area contributed by atoms with Gasteiger partial charge in [-0.2, -0.15) is 11.8 Å². The molecule has 2 N–H and O–H groups in total. The number of hydrogen-bond donors (Lipinski definition) is 2. The third kappa shape index (κ3) is 6.67. The Morgan fingerprint density at radius 2 is 2.05 bits per heavy atom. The Morgan fingerprint density at radius 1 is 1.37 bits per heavy atom. The minimum atomic E-state index is -1.00. The van der Waals surface area contributed by atoms with Crippen LogP contribution < -0.4 is 5.32 Å². The Bertz CT molecular complexity index is 445. The SMILES string of the molecule is CC(=O)N[C@@H](CSC/C=C/c1ccccc1)C(=O)O. The van der Waals surface area contributed by atoms with Crippen molar-refractivity contribution in [2.45, 2.75) is 13.0 Å². The van der Waals surface area contributed by atoms with Gasteiger partial charge in [0.1, 0.15) is 6.04 Å². The van der Waals surface area contributed by atoms with Crippen LogP contribution in [0.3, 0.4) is 0 Å². The Morgan fingerprint density at radius 3 is 2.63 bits per heavy atom. The van der Waals surface area contributed by atoms with E-state index in [9.17, 15) is 9.59 Å². The number of aliphatic carboxylic acids is 1. The average Bonchev–Trinajstić information content (AvgIpc) is 2.37. The molecule has 0 aliphatic carbocycles. The van der Waals surface area contributed by atoms with Crippen molar-refractivity contribution in [1.82, 2.24) is 5.32 Å². The van der Waals surface area contributed by atoms with E-state index in [-0.39, 0.29) is 5.91 Å².